The smallest absolute Gasteiger partial charge is 0.00966 e. The van der Waals surface area contributed by atoms with Gasteiger partial charge in [-0.15, -0.1) is 11.3 Å². The summed E-state index contributed by atoms with van der Waals surface area (Å²) in [4.78, 5) is 1.49. The van der Waals surface area contributed by atoms with Crippen LogP contribution in [0.2, 0.25) is 0 Å². The Bertz CT molecular complexity index is 537. The van der Waals surface area contributed by atoms with Crippen molar-refractivity contribution in [3.05, 3.63) is 57.8 Å². The van der Waals surface area contributed by atoms with E-state index in [1.165, 1.54) is 16.0 Å². The molecule has 1 aromatic carbocycles. The van der Waals surface area contributed by atoms with Gasteiger partial charge >= 0.3 is 0 Å². The molecule has 0 bridgehead atoms. The van der Waals surface area contributed by atoms with Gasteiger partial charge in [-0.3, -0.25) is 0 Å². The van der Waals surface area contributed by atoms with E-state index in [4.69, 9.17) is 0 Å². The summed E-state index contributed by atoms with van der Waals surface area (Å²) in [5.74, 6) is 0.643. The molecule has 2 heteroatoms. The molecule has 0 aliphatic carbocycles. The highest BCUT2D eigenvalue weighted by Gasteiger charge is 2.16. The number of benzene rings is 1. The number of hydrogen-bond donors (Lipinski definition) is 1. The topological polar surface area (TPSA) is 12.0 Å². The first-order valence-electron chi connectivity index (χ1n) is 7.75. The first-order valence-corrected chi connectivity index (χ1v) is 8.63. The van der Waals surface area contributed by atoms with Crippen molar-refractivity contribution in [3.63, 3.8) is 0 Å². The summed E-state index contributed by atoms with van der Waals surface area (Å²) in [7, 11) is 0. The van der Waals surface area contributed by atoms with Crippen molar-refractivity contribution in [1.29, 1.82) is 0 Å². The molecule has 1 atom stereocenters. The third kappa shape index (κ3) is 6.03. The number of thiophene rings is 1. The normalized spacial score (nSPS) is 13.3. The fraction of sp³-hybridized carbons (Fsp3) is 0.474. The maximum Gasteiger partial charge on any atom is 0.00966 e. The van der Waals surface area contributed by atoms with Crippen LogP contribution in [0.1, 0.15) is 36.8 Å². The van der Waals surface area contributed by atoms with Crippen molar-refractivity contribution in [1.82, 2.24) is 5.32 Å². The molecular weight excluding hydrogens is 274 g/mol. The molecule has 2 rings (SSSR count). The van der Waals surface area contributed by atoms with Gasteiger partial charge in [0.2, 0.25) is 0 Å². The molecule has 0 saturated heterocycles. The van der Waals surface area contributed by atoms with Crippen LogP contribution in [0.5, 0.6) is 0 Å². The van der Waals surface area contributed by atoms with E-state index in [0.29, 0.717) is 5.92 Å². The quantitative estimate of drug-likeness (QED) is 0.804. The third-order valence-electron chi connectivity index (χ3n) is 3.60. The van der Waals surface area contributed by atoms with Gasteiger partial charge < -0.3 is 5.32 Å². The predicted molar refractivity (Wildman–Crippen MR) is 94.2 cm³/mol. The maximum atomic E-state index is 3.67. The lowest BCUT2D eigenvalue weighted by atomic mass is 9.93. The summed E-state index contributed by atoms with van der Waals surface area (Å²) >= 11 is 1.87. The van der Waals surface area contributed by atoms with Crippen LogP contribution >= 0.6 is 11.3 Å². The lowest BCUT2D eigenvalue weighted by Crippen LogP contribution is -2.40. The molecule has 21 heavy (non-hydrogen) atoms. The van der Waals surface area contributed by atoms with E-state index in [0.717, 1.165) is 19.4 Å². The minimum atomic E-state index is 0.181. The predicted octanol–water partition coefficient (Wildman–Crippen LogP) is 4.85. The van der Waals surface area contributed by atoms with Crippen LogP contribution in [0, 0.1) is 12.8 Å². The number of nitrogens with one attached hydrogen (secondary N) is 1. The van der Waals surface area contributed by atoms with Crippen LogP contribution in [-0.4, -0.2) is 12.1 Å². The van der Waals surface area contributed by atoms with Crippen molar-refractivity contribution < 1.29 is 0 Å². The third-order valence-corrected chi connectivity index (χ3v) is 4.50. The van der Waals surface area contributed by atoms with Crippen molar-refractivity contribution >= 4 is 11.3 Å². The lowest BCUT2D eigenvalue weighted by molar-refractivity contribution is 0.368. The molecule has 0 spiro atoms. The fourth-order valence-corrected chi connectivity index (χ4v) is 3.37. The Morgan fingerprint density at radius 3 is 2.52 bits per heavy atom. The van der Waals surface area contributed by atoms with Crippen LogP contribution in [0.3, 0.4) is 0 Å². The average molecular weight is 301 g/mol. The molecule has 1 N–H and O–H groups in total. The van der Waals surface area contributed by atoms with Crippen LogP contribution < -0.4 is 5.32 Å². The molecular formula is C19H27NS. The van der Waals surface area contributed by atoms with E-state index in [1.54, 1.807) is 0 Å². The van der Waals surface area contributed by atoms with Gasteiger partial charge in [-0.1, -0.05) is 35.9 Å². The number of hydrogen-bond acceptors (Lipinski definition) is 2. The standard InChI is InChI=1S/C19H27NS/c1-15-7-5-8-16(11-15)12-17(14-20-19(2,3)4)13-18-9-6-10-21-18/h5-11,17,20H,12-14H2,1-4H3. The van der Waals surface area contributed by atoms with E-state index >= 15 is 0 Å². The number of aryl methyl sites for hydroxylation is 1. The highest BCUT2D eigenvalue weighted by molar-refractivity contribution is 7.09. The van der Waals surface area contributed by atoms with E-state index in [9.17, 15) is 0 Å². The first-order chi connectivity index (χ1) is 9.92. The molecule has 0 fully saturated rings. The summed E-state index contributed by atoms with van der Waals surface area (Å²) in [6.07, 6.45) is 2.30. The van der Waals surface area contributed by atoms with Gasteiger partial charge in [-0.25, -0.2) is 0 Å². The number of rotatable bonds is 6. The Hall–Kier alpha value is -1.12. The molecule has 0 aliphatic heterocycles. The first kappa shape index (κ1) is 16.3. The molecule has 114 valence electrons. The minimum Gasteiger partial charge on any atom is -0.312 e. The Morgan fingerprint density at radius 1 is 1.10 bits per heavy atom. The molecule has 0 radical (unpaired) electrons. The zero-order chi connectivity index (χ0) is 15.3. The summed E-state index contributed by atoms with van der Waals surface area (Å²) in [5, 5.41) is 5.85. The SMILES string of the molecule is Cc1cccc(CC(CNC(C)(C)C)Cc2cccs2)c1. The minimum absolute atomic E-state index is 0.181. The highest BCUT2D eigenvalue weighted by atomic mass is 32.1. The second-order valence-corrected chi connectivity index (χ2v) is 8.01. The molecule has 2 aromatic rings. The highest BCUT2D eigenvalue weighted by Crippen LogP contribution is 2.19. The van der Waals surface area contributed by atoms with Gasteiger partial charge in [0.1, 0.15) is 0 Å². The van der Waals surface area contributed by atoms with Crippen molar-refractivity contribution in [2.45, 2.75) is 46.1 Å². The molecule has 1 nitrogen and oxygen atoms in total. The Morgan fingerprint density at radius 2 is 1.90 bits per heavy atom. The largest absolute Gasteiger partial charge is 0.312 e. The van der Waals surface area contributed by atoms with Crippen LogP contribution in [-0.2, 0) is 12.8 Å². The zero-order valence-electron chi connectivity index (χ0n) is 13.6. The van der Waals surface area contributed by atoms with Gasteiger partial charge in [0, 0.05) is 10.4 Å². The zero-order valence-corrected chi connectivity index (χ0v) is 14.5. The Kier molecular flexibility index (Phi) is 5.60. The van der Waals surface area contributed by atoms with Gasteiger partial charge in [-0.05, 0) is 70.0 Å². The summed E-state index contributed by atoms with van der Waals surface area (Å²) < 4.78 is 0. The Labute approximate surface area is 133 Å². The molecule has 1 heterocycles. The average Bonchev–Trinajstić information content (AvgIpc) is 2.88. The molecule has 0 saturated carbocycles. The van der Waals surface area contributed by atoms with Crippen molar-refractivity contribution in [2.24, 2.45) is 5.92 Å². The van der Waals surface area contributed by atoms with Crippen LogP contribution in [0.25, 0.3) is 0 Å². The van der Waals surface area contributed by atoms with Gasteiger partial charge in [0.15, 0.2) is 0 Å². The van der Waals surface area contributed by atoms with Gasteiger partial charge in [-0.2, -0.15) is 0 Å². The maximum absolute atomic E-state index is 3.67. The second kappa shape index (κ2) is 7.24. The molecule has 1 unspecified atom stereocenters. The summed E-state index contributed by atoms with van der Waals surface area (Å²) in [6, 6.07) is 13.3. The lowest BCUT2D eigenvalue weighted by Gasteiger charge is -2.25. The van der Waals surface area contributed by atoms with Crippen molar-refractivity contribution in [3.8, 4) is 0 Å². The second-order valence-electron chi connectivity index (χ2n) is 6.97. The van der Waals surface area contributed by atoms with Gasteiger partial charge in [0.05, 0.1) is 0 Å². The summed E-state index contributed by atoms with van der Waals surface area (Å²) in [5.41, 5.74) is 2.98. The Balaban J connectivity index is 2.03. The fourth-order valence-electron chi connectivity index (χ4n) is 2.55. The molecule has 1 aromatic heterocycles. The molecule has 0 amide bonds. The summed E-state index contributed by atoms with van der Waals surface area (Å²) in [6.45, 7) is 9.95. The monoisotopic (exact) mass is 301 g/mol. The molecule has 0 aliphatic rings. The van der Waals surface area contributed by atoms with Crippen LogP contribution in [0.15, 0.2) is 41.8 Å². The van der Waals surface area contributed by atoms with E-state index < -0.39 is 0 Å². The van der Waals surface area contributed by atoms with Gasteiger partial charge in [0.25, 0.3) is 0 Å². The van der Waals surface area contributed by atoms with Crippen LogP contribution in [0.4, 0.5) is 0 Å². The van der Waals surface area contributed by atoms with Crippen molar-refractivity contribution in [2.75, 3.05) is 6.54 Å². The van der Waals surface area contributed by atoms with E-state index in [2.05, 4.69) is 74.8 Å². The van der Waals surface area contributed by atoms with E-state index in [1.807, 2.05) is 11.3 Å². The van der Waals surface area contributed by atoms with E-state index in [-0.39, 0.29) is 5.54 Å².